The first kappa shape index (κ1) is 19.8. The lowest BCUT2D eigenvalue weighted by atomic mass is 9.94. The Balaban J connectivity index is 2.45. The molecule has 10 nitrogen and oxygen atoms in total. The molecule has 0 saturated carbocycles. The van der Waals surface area contributed by atoms with Crippen molar-refractivity contribution in [1.29, 1.82) is 0 Å². The first-order valence-corrected chi connectivity index (χ1v) is 12.0. The van der Waals surface area contributed by atoms with Crippen molar-refractivity contribution in [3.63, 3.8) is 0 Å². The second-order valence-electron chi connectivity index (χ2n) is 6.34. The molecule has 0 aliphatic rings. The molecular weight excluding hydrogens is 446 g/mol. The molecule has 0 spiro atoms. The third-order valence-electron chi connectivity index (χ3n) is 4.62. The topological polar surface area (TPSA) is 189 Å². The molecule has 4 rings (SSSR count). The number of hydrogen-bond donors (Lipinski definition) is 4. The Hall–Kier alpha value is -2.55. The Morgan fingerprint density at radius 3 is 1.59 bits per heavy atom. The third kappa shape index (κ3) is 2.90. The molecule has 0 saturated heterocycles. The third-order valence-corrected chi connectivity index (χ3v) is 7.38. The summed E-state index contributed by atoms with van der Waals surface area (Å²) in [4.78, 5) is -2.22. The van der Waals surface area contributed by atoms with Gasteiger partial charge >= 0.3 is 0 Å². The molecule has 0 amide bonds. The lowest BCUT2D eigenvalue weighted by molar-refractivity contribution is 0.480. The van der Waals surface area contributed by atoms with Crippen LogP contribution in [0.4, 0.5) is 5.69 Å². The van der Waals surface area contributed by atoms with Gasteiger partial charge in [0, 0.05) is 21.5 Å². The summed E-state index contributed by atoms with van der Waals surface area (Å²) in [5, 5.41) is 0.0362. The van der Waals surface area contributed by atoms with Gasteiger partial charge in [0.15, 0.2) is 0 Å². The van der Waals surface area contributed by atoms with Crippen LogP contribution in [0.2, 0.25) is 0 Å². The van der Waals surface area contributed by atoms with Crippen LogP contribution < -0.4 is 5.73 Å². The predicted octanol–water partition coefficient (Wildman–Crippen LogP) is 1.91. The number of nitrogens with two attached hydrogens (primary N) is 1. The molecule has 4 aromatic carbocycles. The lowest BCUT2D eigenvalue weighted by Gasteiger charge is -2.17. The van der Waals surface area contributed by atoms with E-state index in [0.29, 0.717) is 11.5 Å². The monoisotopic (exact) mass is 457 g/mol. The fraction of sp³-hybridized carbons (Fsp3) is 0. The molecular formula is C16H11NO9S3. The molecule has 0 atom stereocenters. The van der Waals surface area contributed by atoms with Crippen LogP contribution in [0.3, 0.4) is 0 Å². The quantitative estimate of drug-likeness (QED) is 0.201. The van der Waals surface area contributed by atoms with Crippen LogP contribution in [-0.2, 0) is 30.4 Å². The molecule has 0 fully saturated rings. The molecule has 0 bridgehead atoms. The average Bonchev–Trinajstić information content (AvgIpc) is 2.55. The van der Waals surface area contributed by atoms with Gasteiger partial charge in [0.1, 0.15) is 14.7 Å². The smallest absolute Gasteiger partial charge is 0.297 e. The zero-order chi connectivity index (χ0) is 21.5. The van der Waals surface area contributed by atoms with Crippen molar-refractivity contribution in [3.8, 4) is 0 Å². The predicted molar refractivity (Wildman–Crippen MR) is 104 cm³/mol. The minimum absolute atomic E-state index is 0.0485. The van der Waals surface area contributed by atoms with Gasteiger partial charge in [0.25, 0.3) is 30.4 Å². The molecule has 0 aromatic heterocycles. The lowest BCUT2D eigenvalue weighted by Crippen LogP contribution is -2.07. The summed E-state index contributed by atoms with van der Waals surface area (Å²) in [6.45, 7) is 0. The molecule has 29 heavy (non-hydrogen) atoms. The van der Waals surface area contributed by atoms with Gasteiger partial charge in [-0.3, -0.25) is 13.7 Å². The van der Waals surface area contributed by atoms with Crippen molar-refractivity contribution in [2.24, 2.45) is 0 Å². The summed E-state index contributed by atoms with van der Waals surface area (Å²) in [5.74, 6) is 0. The van der Waals surface area contributed by atoms with Gasteiger partial charge in [-0.25, -0.2) is 0 Å². The fourth-order valence-electron chi connectivity index (χ4n) is 3.62. The van der Waals surface area contributed by atoms with E-state index in [1.54, 1.807) is 0 Å². The van der Waals surface area contributed by atoms with Gasteiger partial charge in [-0.2, -0.15) is 25.3 Å². The number of benzene rings is 4. The van der Waals surface area contributed by atoms with E-state index < -0.39 is 45.0 Å². The maximum Gasteiger partial charge on any atom is 0.297 e. The molecule has 4 aromatic rings. The van der Waals surface area contributed by atoms with Crippen LogP contribution >= 0.6 is 0 Å². The van der Waals surface area contributed by atoms with E-state index in [9.17, 15) is 38.9 Å². The van der Waals surface area contributed by atoms with Crippen LogP contribution in [0.5, 0.6) is 0 Å². The summed E-state index contributed by atoms with van der Waals surface area (Å²) in [5.41, 5.74) is 5.49. The zero-order valence-corrected chi connectivity index (χ0v) is 16.5. The number of hydrogen-bond acceptors (Lipinski definition) is 7. The average molecular weight is 457 g/mol. The van der Waals surface area contributed by atoms with Crippen LogP contribution in [0.25, 0.3) is 32.3 Å². The molecule has 0 unspecified atom stereocenters. The highest BCUT2D eigenvalue weighted by molar-refractivity contribution is 7.87. The van der Waals surface area contributed by atoms with Gasteiger partial charge < -0.3 is 5.73 Å². The van der Waals surface area contributed by atoms with Crippen LogP contribution in [0, 0.1) is 0 Å². The van der Waals surface area contributed by atoms with Crippen molar-refractivity contribution in [2.45, 2.75) is 14.7 Å². The van der Waals surface area contributed by atoms with Gasteiger partial charge in [0.05, 0.1) is 5.69 Å². The van der Waals surface area contributed by atoms with Gasteiger partial charge in [-0.15, -0.1) is 0 Å². The largest absolute Gasteiger partial charge is 0.398 e. The molecule has 152 valence electrons. The first-order chi connectivity index (χ1) is 13.2. The summed E-state index contributed by atoms with van der Waals surface area (Å²) >= 11 is 0. The van der Waals surface area contributed by atoms with E-state index in [4.69, 9.17) is 5.73 Å². The highest BCUT2D eigenvalue weighted by Gasteiger charge is 2.27. The van der Waals surface area contributed by atoms with Crippen molar-refractivity contribution in [3.05, 3.63) is 36.4 Å². The minimum Gasteiger partial charge on any atom is -0.398 e. The number of nitrogen functional groups attached to an aromatic ring is 1. The summed E-state index contributed by atoms with van der Waals surface area (Å²) < 4.78 is 99.9. The number of anilines is 1. The zero-order valence-electron chi connectivity index (χ0n) is 14.1. The Kier molecular flexibility index (Phi) is 3.91. The standard InChI is InChI=1S/C16H11NO9S3/c17-11-5-7-1-2-8-12(27(18,19)20)6-13(28(21,22)23)9-3-4-10(14(7)15(8)9)16(11)29(24,25)26/h1-6H,17H2,(H,18,19,20)(H,21,22,23)(H,24,25,26). The fourth-order valence-corrected chi connectivity index (χ4v) is 5.93. The minimum atomic E-state index is -4.93. The second-order valence-corrected chi connectivity index (χ2v) is 10.5. The van der Waals surface area contributed by atoms with Crippen molar-refractivity contribution < 1.29 is 38.9 Å². The Bertz CT molecular complexity index is 1620. The first-order valence-electron chi connectivity index (χ1n) is 7.67. The molecule has 0 aliphatic carbocycles. The van der Waals surface area contributed by atoms with E-state index in [1.807, 2.05) is 0 Å². The van der Waals surface area contributed by atoms with E-state index in [1.165, 1.54) is 24.3 Å². The summed E-state index contributed by atoms with van der Waals surface area (Å²) in [6, 6.07) is 6.85. The van der Waals surface area contributed by atoms with Crippen molar-refractivity contribution in [1.82, 2.24) is 0 Å². The Morgan fingerprint density at radius 2 is 1.10 bits per heavy atom. The highest BCUT2D eigenvalue weighted by Crippen LogP contribution is 2.43. The van der Waals surface area contributed by atoms with E-state index in [2.05, 4.69) is 0 Å². The second kappa shape index (κ2) is 5.75. The molecule has 0 radical (unpaired) electrons. The molecule has 0 heterocycles. The van der Waals surface area contributed by atoms with E-state index >= 15 is 0 Å². The van der Waals surface area contributed by atoms with Crippen LogP contribution in [0.15, 0.2) is 51.1 Å². The van der Waals surface area contributed by atoms with Gasteiger partial charge in [0.2, 0.25) is 0 Å². The Morgan fingerprint density at radius 1 is 0.621 bits per heavy atom. The van der Waals surface area contributed by atoms with Crippen LogP contribution in [-0.4, -0.2) is 38.9 Å². The molecule has 0 aliphatic heterocycles. The summed E-state index contributed by atoms with van der Waals surface area (Å²) in [6.07, 6.45) is 0. The maximum atomic E-state index is 11.9. The van der Waals surface area contributed by atoms with Crippen molar-refractivity contribution >= 4 is 68.4 Å². The van der Waals surface area contributed by atoms with Gasteiger partial charge in [-0.1, -0.05) is 24.3 Å². The highest BCUT2D eigenvalue weighted by atomic mass is 32.2. The van der Waals surface area contributed by atoms with E-state index in [0.717, 1.165) is 6.07 Å². The summed E-state index contributed by atoms with van der Waals surface area (Å²) in [7, 11) is -14.6. The molecule has 13 heteroatoms. The van der Waals surface area contributed by atoms with Crippen molar-refractivity contribution in [2.75, 3.05) is 5.73 Å². The SMILES string of the molecule is Nc1cc2ccc3c(S(=O)(=O)O)cc(S(=O)(=O)O)c4ccc(c1S(=O)(=O)O)c2c34. The molecule has 5 N–H and O–H groups in total. The maximum absolute atomic E-state index is 11.9. The van der Waals surface area contributed by atoms with Gasteiger partial charge in [-0.05, 0) is 22.9 Å². The number of rotatable bonds is 3. The van der Waals surface area contributed by atoms with Crippen LogP contribution in [0.1, 0.15) is 0 Å². The normalized spacial score (nSPS) is 13.6. The van der Waals surface area contributed by atoms with E-state index in [-0.39, 0.29) is 32.6 Å². The Labute approximate surface area is 164 Å².